The normalized spacial score (nSPS) is 18.7. The highest BCUT2D eigenvalue weighted by Gasteiger charge is 2.37. The third-order valence-corrected chi connectivity index (χ3v) is 5.18. The van der Waals surface area contributed by atoms with Crippen molar-refractivity contribution in [3.05, 3.63) is 23.0 Å². The van der Waals surface area contributed by atoms with Crippen molar-refractivity contribution in [2.75, 3.05) is 13.7 Å². The van der Waals surface area contributed by atoms with Gasteiger partial charge in [0, 0.05) is 35.5 Å². The number of hydrogen-bond donors (Lipinski definition) is 1. The lowest BCUT2D eigenvalue weighted by atomic mass is 9.78. The highest BCUT2D eigenvalue weighted by Crippen LogP contribution is 2.42. The van der Waals surface area contributed by atoms with E-state index in [1.165, 1.54) is 36.9 Å². The van der Waals surface area contributed by atoms with Gasteiger partial charge in [-0.3, -0.25) is 4.98 Å². The van der Waals surface area contributed by atoms with Crippen LogP contribution in [-0.4, -0.2) is 24.7 Å². The van der Waals surface area contributed by atoms with Crippen LogP contribution in [0.4, 0.5) is 0 Å². The van der Waals surface area contributed by atoms with Crippen LogP contribution in [0.1, 0.15) is 56.4 Å². The molecule has 2 rings (SSSR count). The molecule has 1 fully saturated rings. The molecule has 1 aliphatic rings. The smallest absolute Gasteiger partial charge is 0.128 e. The molecule has 3 nitrogen and oxygen atoms in total. The van der Waals surface area contributed by atoms with Crippen molar-refractivity contribution in [3.8, 4) is 5.75 Å². The molecule has 0 radical (unpaired) electrons. The average molecular weight is 290 g/mol. The Balaban J connectivity index is 2.25. The van der Waals surface area contributed by atoms with Gasteiger partial charge in [-0.05, 0) is 38.6 Å². The zero-order valence-corrected chi connectivity index (χ0v) is 14.3. The molecule has 0 amide bonds. The van der Waals surface area contributed by atoms with Crippen LogP contribution in [0, 0.1) is 19.3 Å². The molecule has 3 heteroatoms. The maximum atomic E-state index is 5.55. The zero-order valence-electron chi connectivity index (χ0n) is 14.3. The van der Waals surface area contributed by atoms with E-state index in [1.807, 2.05) is 6.20 Å². The molecule has 1 unspecified atom stereocenters. The summed E-state index contributed by atoms with van der Waals surface area (Å²) >= 11 is 0. The Morgan fingerprint density at radius 2 is 2.00 bits per heavy atom. The third kappa shape index (κ3) is 3.39. The standard InChI is InChI=1S/C18H30N2O/c1-6-19-16(18(4)9-7-8-10-18)11-15-14(3)17(21-5)13(2)12-20-15/h12,16,19H,6-11H2,1-5H3. The molecule has 1 atom stereocenters. The fraction of sp³-hybridized carbons (Fsp3) is 0.722. The molecule has 0 aliphatic heterocycles. The van der Waals surface area contributed by atoms with E-state index in [-0.39, 0.29) is 0 Å². The van der Waals surface area contributed by atoms with E-state index in [9.17, 15) is 0 Å². The number of likely N-dealkylation sites (N-methyl/N-ethyl adjacent to an activating group) is 1. The molecule has 1 N–H and O–H groups in total. The minimum atomic E-state index is 0.405. The molecule has 1 aliphatic carbocycles. The molecular formula is C18H30N2O. The van der Waals surface area contributed by atoms with Crippen LogP contribution in [-0.2, 0) is 6.42 Å². The van der Waals surface area contributed by atoms with Crippen molar-refractivity contribution >= 4 is 0 Å². The summed E-state index contributed by atoms with van der Waals surface area (Å²) in [5.74, 6) is 0.992. The Kier molecular flexibility index (Phi) is 5.26. The van der Waals surface area contributed by atoms with Crippen molar-refractivity contribution in [1.82, 2.24) is 10.3 Å². The number of rotatable bonds is 6. The summed E-state index contributed by atoms with van der Waals surface area (Å²) in [6.45, 7) is 9.84. The second-order valence-electron chi connectivity index (χ2n) is 6.72. The lowest BCUT2D eigenvalue weighted by Crippen LogP contribution is -2.44. The molecule has 0 saturated heterocycles. The quantitative estimate of drug-likeness (QED) is 0.865. The maximum Gasteiger partial charge on any atom is 0.128 e. The Morgan fingerprint density at radius 1 is 1.33 bits per heavy atom. The van der Waals surface area contributed by atoms with Crippen LogP contribution in [0.25, 0.3) is 0 Å². The van der Waals surface area contributed by atoms with Gasteiger partial charge in [-0.15, -0.1) is 0 Å². The van der Waals surface area contributed by atoms with Crippen molar-refractivity contribution in [1.29, 1.82) is 0 Å². The second-order valence-corrected chi connectivity index (χ2v) is 6.72. The Bertz CT molecular complexity index is 478. The molecule has 1 heterocycles. The van der Waals surface area contributed by atoms with E-state index in [0.717, 1.165) is 24.3 Å². The molecule has 1 saturated carbocycles. The molecule has 21 heavy (non-hydrogen) atoms. The monoisotopic (exact) mass is 290 g/mol. The van der Waals surface area contributed by atoms with Crippen LogP contribution >= 0.6 is 0 Å². The minimum Gasteiger partial charge on any atom is -0.496 e. The van der Waals surface area contributed by atoms with Gasteiger partial charge in [-0.2, -0.15) is 0 Å². The molecule has 0 spiro atoms. The molecule has 0 bridgehead atoms. The van der Waals surface area contributed by atoms with E-state index < -0.39 is 0 Å². The summed E-state index contributed by atoms with van der Waals surface area (Å²) in [5, 5.41) is 3.71. The van der Waals surface area contributed by atoms with Gasteiger partial charge in [0.15, 0.2) is 0 Å². The summed E-state index contributed by atoms with van der Waals surface area (Å²) in [7, 11) is 1.75. The highest BCUT2D eigenvalue weighted by atomic mass is 16.5. The highest BCUT2D eigenvalue weighted by molar-refractivity contribution is 5.41. The lowest BCUT2D eigenvalue weighted by molar-refractivity contribution is 0.220. The Morgan fingerprint density at radius 3 is 2.57 bits per heavy atom. The van der Waals surface area contributed by atoms with E-state index in [2.05, 4.69) is 33.0 Å². The van der Waals surface area contributed by atoms with Crippen LogP contribution in [0.15, 0.2) is 6.20 Å². The van der Waals surface area contributed by atoms with E-state index in [0.29, 0.717) is 11.5 Å². The van der Waals surface area contributed by atoms with Crippen molar-refractivity contribution in [2.24, 2.45) is 5.41 Å². The second kappa shape index (κ2) is 6.78. The lowest BCUT2D eigenvalue weighted by Gasteiger charge is -2.35. The molecular weight excluding hydrogens is 260 g/mol. The number of ether oxygens (including phenoxy) is 1. The summed E-state index contributed by atoms with van der Waals surface area (Å²) in [4.78, 5) is 4.69. The van der Waals surface area contributed by atoms with Gasteiger partial charge in [0.1, 0.15) is 5.75 Å². The largest absolute Gasteiger partial charge is 0.496 e. The van der Waals surface area contributed by atoms with Crippen molar-refractivity contribution < 1.29 is 4.74 Å². The van der Waals surface area contributed by atoms with Crippen molar-refractivity contribution in [3.63, 3.8) is 0 Å². The van der Waals surface area contributed by atoms with Crippen LogP contribution in [0.2, 0.25) is 0 Å². The first-order valence-electron chi connectivity index (χ1n) is 8.24. The summed E-state index contributed by atoms with van der Waals surface area (Å²) in [6.07, 6.45) is 8.32. The fourth-order valence-corrected chi connectivity index (χ4v) is 3.81. The van der Waals surface area contributed by atoms with Crippen molar-refractivity contribution in [2.45, 2.75) is 65.8 Å². The molecule has 1 aromatic rings. The van der Waals surface area contributed by atoms with Crippen LogP contribution in [0.3, 0.4) is 0 Å². The maximum absolute atomic E-state index is 5.55. The molecule has 1 aromatic heterocycles. The topological polar surface area (TPSA) is 34.2 Å². The minimum absolute atomic E-state index is 0.405. The van der Waals surface area contributed by atoms with Gasteiger partial charge >= 0.3 is 0 Å². The first-order chi connectivity index (χ1) is 10.0. The van der Waals surface area contributed by atoms with Gasteiger partial charge < -0.3 is 10.1 Å². The summed E-state index contributed by atoms with van der Waals surface area (Å²) in [5.41, 5.74) is 3.90. The van der Waals surface area contributed by atoms with Gasteiger partial charge in [0.05, 0.1) is 7.11 Å². The SMILES string of the molecule is CCNC(Cc1ncc(C)c(OC)c1C)C1(C)CCCC1. The number of aryl methyl sites for hydroxylation is 1. The van der Waals surface area contributed by atoms with Crippen LogP contribution < -0.4 is 10.1 Å². The van der Waals surface area contributed by atoms with Gasteiger partial charge in [0.25, 0.3) is 0 Å². The predicted molar refractivity (Wildman–Crippen MR) is 88.0 cm³/mol. The Hall–Kier alpha value is -1.09. The zero-order chi connectivity index (χ0) is 15.5. The first kappa shape index (κ1) is 16.3. The summed E-state index contributed by atoms with van der Waals surface area (Å²) in [6, 6.07) is 0.503. The van der Waals surface area contributed by atoms with Gasteiger partial charge in [-0.1, -0.05) is 26.7 Å². The summed E-state index contributed by atoms with van der Waals surface area (Å²) < 4.78 is 5.55. The molecule has 118 valence electrons. The first-order valence-corrected chi connectivity index (χ1v) is 8.24. The fourth-order valence-electron chi connectivity index (χ4n) is 3.81. The number of methoxy groups -OCH3 is 1. The number of nitrogens with zero attached hydrogens (tertiary/aromatic N) is 1. The molecule has 0 aromatic carbocycles. The van der Waals surface area contributed by atoms with Crippen LogP contribution in [0.5, 0.6) is 5.75 Å². The van der Waals surface area contributed by atoms with E-state index >= 15 is 0 Å². The number of nitrogens with one attached hydrogen (secondary N) is 1. The van der Waals surface area contributed by atoms with Gasteiger partial charge in [-0.25, -0.2) is 0 Å². The van der Waals surface area contributed by atoms with E-state index in [4.69, 9.17) is 9.72 Å². The number of aromatic nitrogens is 1. The third-order valence-electron chi connectivity index (χ3n) is 5.18. The number of pyridine rings is 1. The average Bonchev–Trinajstić information content (AvgIpc) is 2.90. The van der Waals surface area contributed by atoms with E-state index in [1.54, 1.807) is 7.11 Å². The predicted octanol–water partition coefficient (Wildman–Crippen LogP) is 3.81. The van der Waals surface area contributed by atoms with Gasteiger partial charge in [0.2, 0.25) is 0 Å². The number of hydrogen-bond acceptors (Lipinski definition) is 3. The Labute approximate surface area is 129 Å².